The molecule has 0 bridgehead atoms. The molecule has 1 heterocycles. The highest BCUT2D eigenvalue weighted by molar-refractivity contribution is 5.97. The van der Waals surface area contributed by atoms with Gasteiger partial charge >= 0.3 is 0 Å². The maximum Gasteiger partial charge on any atom is 0.255 e. The molecule has 104 valence electrons. The molecule has 0 aliphatic carbocycles. The summed E-state index contributed by atoms with van der Waals surface area (Å²) in [5, 5.41) is 6.36. The molecule has 2 rings (SSSR count). The van der Waals surface area contributed by atoms with Crippen LogP contribution in [0.3, 0.4) is 0 Å². The number of benzene rings is 1. The molecule has 1 aromatic carbocycles. The van der Waals surface area contributed by atoms with Gasteiger partial charge in [-0.15, -0.1) is 0 Å². The van der Waals surface area contributed by atoms with E-state index >= 15 is 0 Å². The van der Waals surface area contributed by atoms with Gasteiger partial charge in [0.2, 0.25) is 5.91 Å². The van der Waals surface area contributed by atoms with Gasteiger partial charge in [0.15, 0.2) is 0 Å². The fraction of sp³-hybridized carbons (Fsp3) is 0.154. The van der Waals surface area contributed by atoms with E-state index in [4.69, 9.17) is 5.73 Å². The van der Waals surface area contributed by atoms with E-state index in [-0.39, 0.29) is 0 Å². The number of hydrogen-bond donors (Lipinski definition) is 2. The molecule has 0 spiro atoms. The lowest BCUT2D eigenvalue weighted by atomic mass is 10.1. The van der Waals surface area contributed by atoms with E-state index in [0.717, 1.165) is 0 Å². The Hall–Kier alpha value is -2.70. The Morgan fingerprint density at radius 3 is 2.50 bits per heavy atom. The fourth-order valence-corrected chi connectivity index (χ4v) is 1.73. The normalized spacial score (nSPS) is 11.9. The number of hydrogen-bond acceptors (Lipinski definition) is 3. The third-order valence-corrected chi connectivity index (χ3v) is 2.73. The van der Waals surface area contributed by atoms with Crippen LogP contribution in [0.5, 0.6) is 0 Å². The van der Waals surface area contributed by atoms with Crippen LogP contribution in [0.15, 0.2) is 36.7 Å². The van der Waals surface area contributed by atoms with Crippen molar-refractivity contribution in [1.29, 1.82) is 0 Å². The van der Waals surface area contributed by atoms with Crippen LogP contribution in [0, 0.1) is 5.82 Å². The molecule has 3 N–H and O–H groups in total. The first kappa shape index (κ1) is 13.7. The number of primary amides is 1. The van der Waals surface area contributed by atoms with Crippen molar-refractivity contribution in [2.75, 3.05) is 0 Å². The molecular weight excluding hydrogens is 263 g/mol. The van der Waals surface area contributed by atoms with Crippen LogP contribution in [-0.2, 0) is 11.8 Å². The first-order chi connectivity index (χ1) is 9.47. The number of amides is 2. The summed E-state index contributed by atoms with van der Waals surface area (Å²) in [7, 11) is 1.67. The molecule has 0 radical (unpaired) electrons. The van der Waals surface area contributed by atoms with Crippen LogP contribution in [0.1, 0.15) is 22.0 Å². The summed E-state index contributed by atoms with van der Waals surface area (Å²) in [4.78, 5) is 23.4. The molecule has 6 nitrogen and oxygen atoms in total. The monoisotopic (exact) mass is 276 g/mol. The van der Waals surface area contributed by atoms with Crippen LogP contribution in [0.4, 0.5) is 4.39 Å². The second-order valence-electron chi connectivity index (χ2n) is 4.26. The van der Waals surface area contributed by atoms with E-state index in [9.17, 15) is 14.0 Å². The van der Waals surface area contributed by atoms with Crippen LogP contribution >= 0.6 is 0 Å². The number of aryl methyl sites for hydroxylation is 1. The molecule has 0 saturated heterocycles. The first-order valence-corrected chi connectivity index (χ1v) is 5.81. The van der Waals surface area contributed by atoms with E-state index in [0.29, 0.717) is 11.1 Å². The van der Waals surface area contributed by atoms with Gasteiger partial charge in [-0.3, -0.25) is 14.3 Å². The summed E-state index contributed by atoms with van der Waals surface area (Å²) in [6, 6.07) is 4.16. The Kier molecular flexibility index (Phi) is 3.79. The quantitative estimate of drug-likeness (QED) is 0.852. The predicted octanol–water partition coefficient (Wildman–Crippen LogP) is 0.516. The van der Waals surface area contributed by atoms with E-state index in [1.165, 1.54) is 41.3 Å². The smallest absolute Gasteiger partial charge is 0.255 e. The topological polar surface area (TPSA) is 90.0 Å². The van der Waals surface area contributed by atoms with E-state index in [1.807, 2.05) is 0 Å². The SMILES string of the molecule is Cn1cc(C(=O)N[C@@H](C(N)=O)c2ccc(F)cc2)cn1. The molecule has 2 aromatic rings. The first-order valence-electron chi connectivity index (χ1n) is 5.81. The summed E-state index contributed by atoms with van der Waals surface area (Å²) in [6.45, 7) is 0. The van der Waals surface area contributed by atoms with Gasteiger partial charge in [-0.25, -0.2) is 4.39 Å². The average Bonchev–Trinajstić information content (AvgIpc) is 2.83. The number of carbonyl (C=O) groups is 2. The minimum absolute atomic E-state index is 0.306. The zero-order valence-corrected chi connectivity index (χ0v) is 10.7. The van der Waals surface area contributed by atoms with Crippen molar-refractivity contribution in [1.82, 2.24) is 15.1 Å². The van der Waals surface area contributed by atoms with Crippen molar-refractivity contribution in [2.24, 2.45) is 12.8 Å². The van der Waals surface area contributed by atoms with E-state index < -0.39 is 23.7 Å². The lowest BCUT2D eigenvalue weighted by Gasteiger charge is -2.15. The highest BCUT2D eigenvalue weighted by Crippen LogP contribution is 2.14. The molecule has 0 unspecified atom stereocenters. The second kappa shape index (κ2) is 5.52. The van der Waals surface area contributed by atoms with Crippen molar-refractivity contribution < 1.29 is 14.0 Å². The standard InChI is InChI=1S/C13H13FN4O2/c1-18-7-9(6-16-18)13(20)17-11(12(15)19)8-2-4-10(14)5-3-8/h2-7,11H,1H3,(H2,15,19)(H,17,20)/t11-/m1/s1. The lowest BCUT2D eigenvalue weighted by Crippen LogP contribution is -2.37. The molecule has 1 aromatic heterocycles. The van der Waals surface area contributed by atoms with Crippen molar-refractivity contribution >= 4 is 11.8 Å². The van der Waals surface area contributed by atoms with Crippen LogP contribution in [0.2, 0.25) is 0 Å². The molecule has 2 amide bonds. The third kappa shape index (κ3) is 3.00. The minimum Gasteiger partial charge on any atom is -0.368 e. The molecule has 1 atom stereocenters. The number of nitrogens with two attached hydrogens (primary N) is 1. The number of carbonyl (C=O) groups excluding carboxylic acids is 2. The highest BCUT2D eigenvalue weighted by Gasteiger charge is 2.21. The Labute approximate surface area is 114 Å². The van der Waals surface area contributed by atoms with Gasteiger partial charge in [0.05, 0.1) is 11.8 Å². The molecule has 0 saturated carbocycles. The largest absolute Gasteiger partial charge is 0.368 e. The van der Waals surface area contributed by atoms with Gasteiger partial charge in [-0.05, 0) is 17.7 Å². The van der Waals surface area contributed by atoms with Crippen LogP contribution in [0.25, 0.3) is 0 Å². The number of rotatable bonds is 4. The van der Waals surface area contributed by atoms with Crippen molar-refractivity contribution in [2.45, 2.75) is 6.04 Å². The van der Waals surface area contributed by atoms with Crippen molar-refractivity contribution in [3.63, 3.8) is 0 Å². The summed E-state index contributed by atoms with van der Waals surface area (Å²) < 4.78 is 14.3. The third-order valence-electron chi connectivity index (χ3n) is 2.73. The highest BCUT2D eigenvalue weighted by atomic mass is 19.1. The van der Waals surface area contributed by atoms with E-state index in [2.05, 4.69) is 10.4 Å². The molecule has 7 heteroatoms. The second-order valence-corrected chi connectivity index (χ2v) is 4.26. The number of nitrogens with one attached hydrogen (secondary N) is 1. The van der Waals surface area contributed by atoms with Gasteiger partial charge < -0.3 is 11.1 Å². The van der Waals surface area contributed by atoms with Crippen molar-refractivity contribution in [3.05, 3.63) is 53.6 Å². The zero-order chi connectivity index (χ0) is 14.7. The predicted molar refractivity (Wildman–Crippen MR) is 69.0 cm³/mol. The van der Waals surface area contributed by atoms with Crippen molar-refractivity contribution in [3.8, 4) is 0 Å². The average molecular weight is 276 g/mol. The van der Waals surface area contributed by atoms with Gasteiger partial charge in [0, 0.05) is 13.2 Å². The summed E-state index contributed by atoms with van der Waals surface area (Å²) in [6.07, 6.45) is 2.89. The van der Waals surface area contributed by atoms with Gasteiger partial charge in [0.1, 0.15) is 11.9 Å². The van der Waals surface area contributed by atoms with E-state index in [1.54, 1.807) is 7.05 Å². The van der Waals surface area contributed by atoms with Crippen LogP contribution < -0.4 is 11.1 Å². The molecule has 0 aliphatic rings. The molecule has 0 aliphatic heterocycles. The Morgan fingerprint density at radius 1 is 1.35 bits per heavy atom. The summed E-state index contributed by atoms with van der Waals surface area (Å²) in [5.74, 6) is -1.64. The molecular formula is C13H13FN4O2. The van der Waals surface area contributed by atoms with Gasteiger partial charge in [0.25, 0.3) is 5.91 Å². The summed E-state index contributed by atoms with van der Waals surface area (Å²) in [5.41, 5.74) is 5.99. The molecule has 20 heavy (non-hydrogen) atoms. The fourth-order valence-electron chi connectivity index (χ4n) is 1.73. The maximum atomic E-state index is 12.9. The minimum atomic E-state index is -1.02. The molecule has 0 fully saturated rings. The Balaban J connectivity index is 2.20. The van der Waals surface area contributed by atoms with Gasteiger partial charge in [-0.2, -0.15) is 5.10 Å². The lowest BCUT2D eigenvalue weighted by molar-refractivity contribution is -0.120. The maximum absolute atomic E-state index is 12.9. The zero-order valence-electron chi connectivity index (χ0n) is 10.7. The van der Waals surface area contributed by atoms with Gasteiger partial charge in [-0.1, -0.05) is 12.1 Å². The Bertz CT molecular complexity index is 636. The number of aromatic nitrogens is 2. The van der Waals surface area contributed by atoms with Crippen LogP contribution in [-0.4, -0.2) is 21.6 Å². The summed E-state index contributed by atoms with van der Waals surface area (Å²) >= 11 is 0. The Morgan fingerprint density at radius 2 is 2.00 bits per heavy atom. The number of halogens is 1. The number of nitrogens with zero attached hydrogens (tertiary/aromatic N) is 2.